The normalized spacial score (nSPS) is 20.1. The molecule has 1 fully saturated rings. The Hall–Kier alpha value is -1.89. The molecule has 6 nitrogen and oxygen atoms in total. The van der Waals surface area contributed by atoms with Crippen LogP contribution in [0.25, 0.3) is 10.2 Å². The molecule has 2 amide bonds. The molecular weight excluding hydrogens is 406 g/mol. The van der Waals surface area contributed by atoms with Gasteiger partial charge in [0.2, 0.25) is 0 Å². The number of aromatic nitrogens is 2. The van der Waals surface area contributed by atoms with E-state index in [2.05, 4.69) is 37.9 Å². The zero-order valence-corrected chi connectivity index (χ0v) is 20.4. The number of rotatable bonds is 6. The quantitative estimate of drug-likeness (QED) is 0.641. The molecule has 1 saturated heterocycles. The van der Waals surface area contributed by atoms with E-state index in [1.807, 2.05) is 16.2 Å². The molecule has 0 radical (unpaired) electrons. The highest BCUT2D eigenvalue weighted by molar-refractivity contribution is 7.19. The molecule has 0 aromatic carbocycles. The van der Waals surface area contributed by atoms with Crippen LogP contribution in [0.15, 0.2) is 0 Å². The molecule has 2 aliphatic rings. The lowest BCUT2D eigenvalue weighted by molar-refractivity contribution is 0.194. The van der Waals surface area contributed by atoms with Gasteiger partial charge in [-0.15, -0.1) is 11.3 Å². The first-order chi connectivity index (χ1) is 15.0. The molecule has 2 aromatic heterocycles. The van der Waals surface area contributed by atoms with Gasteiger partial charge < -0.3 is 15.1 Å². The minimum atomic E-state index is 0.0723. The molecular formula is C24H37N5OS. The number of carbonyl (C=O) groups is 1. The van der Waals surface area contributed by atoms with Crippen molar-refractivity contribution in [1.82, 2.24) is 20.2 Å². The van der Waals surface area contributed by atoms with Crippen LogP contribution in [-0.4, -0.2) is 53.6 Å². The fourth-order valence-corrected chi connectivity index (χ4v) is 5.96. The minimum Gasteiger partial charge on any atom is -0.352 e. The maximum atomic E-state index is 12.5. The van der Waals surface area contributed by atoms with Gasteiger partial charge in [0.05, 0.1) is 5.39 Å². The van der Waals surface area contributed by atoms with Crippen molar-refractivity contribution >= 4 is 33.4 Å². The first-order valence-electron chi connectivity index (χ1n) is 12.1. The number of anilines is 1. The standard InChI is InChI=1S/C24H37N5OS/c1-5-7-10-25-24(30)29-13-11-28(12-14-29)22-20-18-9-8-16(3)15-19(18)31-23(20)27-21(26-22)17(4)6-2/h16-17H,5-15H2,1-4H3,(H,25,30)/t16-,17-/m1/s1. The number of piperazine rings is 1. The van der Waals surface area contributed by atoms with Crippen LogP contribution < -0.4 is 10.2 Å². The first kappa shape index (κ1) is 22.3. The number of carbonyl (C=O) groups excluding carboxylic acids is 1. The van der Waals surface area contributed by atoms with Gasteiger partial charge in [-0.05, 0) is 43.6 Å². The molecule has 1 N–H and O–H groups in total. The third kappa shape index (κ3) is 4.66. The smallest absolute Gasteiger partial charge is 0.317 e. The number of thiophene rings is 1. The van der Waals surface area contributed by atoms with Crippen LogP contribution in [0.4, 0.5) is 10.6 Å². The van der Waals surface area contributed by atoms with Crippen molar-refractivity contribution in [2.75, 3.05) is 37.6 Å². The second-order valence-electron chi connectivity index (χ2n) is 9.31. The number of amides is 2. The van der Waals surface area contributed by atoms with E-state index >= 15 is 0 Å². The fourth-order valence-electron chi connectivity index (χ4n) is 4.58. The summed E-state index contributed by atoms with van der Waals surface area (Å²) in [5.74, 6) is 3.18. The summed E-state index contributed by atoms with van der Waals surface area (Å²) >= 11 is 1.89. The highest BCUT2D eigenvalue weighted by Crippen LogP contribution is 2.41. The lowest BCUT2D eigenvalue weighted by Crippen LogP contribution is -2.52. The number of urea groups is 1. The number of hydrogen-bond donors (Lipinski definition) is 1. The Morgan fingerprint density at radius 2 is 2.00 bits per heavy atom. The van der Waals surface area contributed by atoms with Crippen LogP contribution in [-0.2, 0) is 12.8 Å². The molecule has 0 spiro atoms. The van der Waals surface area contributed by atoms with Gasteiger partial charge in [-0.1, -0.05) is 34.1 Å². The van der Waals surface area contributed by atoms with Crippen molar-refractivity contribution in [3.05, 3.63) is 16.3 Å². The van der Waals surface area contributed by atoms with Crippen LogP contribution in [0, 0.1) is 5.92 Å². The van der Waals surface area contributed by atoms with Gasteiger partial charge in [0.25, 0.3) is 0 Å². The van der Waals surface area contributed by atoms with Crippen molar-refractivity contribution in [1.29, 1.82) is 0 Å². The van der Waals surface area contributed by atoms with E-state index in [1.54, 1.807) is 0 Å². The second-order valence-corrected chi connectivity index (χ2v) is 10.4. The van der Waals surface area contributed by atoms with E-state index in [1.165, 1.54) is 33.5 Å². The number of fused-ring (bicyclic) bond motifs is 3. The number of hydrogen-bond acceptors (Lipinski definition) is 5. The van der Waals surface area contributed by atoms with Crippen LogP contribution in [0.2, 0.25) is 0 Å². The maximum absolute atomic E-state index is 12.5. The van der Waals surface area contributed by atoms with Crippen molar-refractivity contribution in [3.63, 3.8) is 0 Å². The SMILES string of the molecule is CCCCNC(=O)N1CCN(c2nc([C@H](C)CC)nc3sc4c(c23)CC[C@@H](C)C4)CC1. The molecule has 2 atom stereocenters. The third-order valence-corrected chi connectivity index (χ3v) is 8.03. The van der Waals surface area contributed by atoms with Gasteiger partial charge in [0.1, 0.15) is 16.5 Å². The van der Waals surface area contributed by atoms with Crippen molar-refractivity contribution in [2.45, 2.75) is 72.1 Å². The Morgan fingerprint density at radius 1 is 1.23 bits per heavy atom. The number of nitrogens with one attached hydrogen (secondary N) is 1. The van der Waals surface area contributed by atoms with E-state index in [4.69, 9.17) is 9.97 Å². The van der Waals surface area contributed by atoms with Gasteiger partial charge in [0.15, 0.2) is 0 Å². The highest BCUT2D eigenvalue weighted by atomic mass is 32.1. The summed E-state index contributed by atoms with van der Waals surface area (Å²) in [5.41, 5.74) is 1.49. The van der Waals surface area contributed by atoms with Gasteiger partial charge in [-0.3, -0.25) is 0 Å². The molecule has 1 aliphatic heterocycles. The Morgan fingerprint density at radius 3 is 2.71 bits per heavy atom. The summed E-state index contributed by atoms with van der Waals surface area (Å²) in [7, 11) is 0. The Kier molecular flexibility index (Phi) is 6.99. The molecule has 2 aromatic rings. The highest BCUT2D eigenvalue weighted by Gasteiger charge is 2.29. The molecule has 31 heavy (non-hydrogen) atoms. The van der Waals surface area contributed by atoms with Crippen LogP contribution in [0.1, 0.15) is 75.6 Å². The molecule has 170 valence electrons. The number of aryl methyl sites for hydroxylation is 1. The first-order valence-corrected chi connectivity index (χ1v) is 12.9. The maximum Gasteiger partial charge on any atom is 0.317 e. The van der Waals surface area contributed by atoms with E-state index in [-0.39, 0.29) is 6.03 Å². The molecule has 1 aliphatic carbocycles. The van der Waals surface area contributed by atoms with Crippen LogP contribution in [0.3, 0.4) is 0 Å². The lowest BCUT2D eigenvalue weighted by Gasteiger charge is -2.36. The van der Waals surface area contributed by atoms with Gasteiger partial charge in [-0.2, -0.15) is 0 Å². The van der Waals surface area contributed by atoms with E-state index in [0.29, 0.717) is 5.92 Å². The number of unbranched alkanes of at least 4 members (excludes halogenated alkanes) is 1. The molecule has 3 heterocycles. The zero-order chi connectivity index (χ0) is 22.0. The Bertz CT molecular complexity index is 918. The summed E-state index contributed by atoms with van der Waals surface area (Å²) in [6.07, 6.45) is 6.72. The average molecular weight is 444 g/mol. The van der Waals surface area contributed by atoms with Crippen molar-refractivity contribution in [2.24, 2.45) is 5.92 Å². The van der Waals surface area contributed by atoms with E-state index in [9.17, 15) is 4.79 Å². The molecule has 4 rings (SSSR count). The Labute approximate surface area is 190 Å². The predicted octanol–water partition coefficient (Wildman–Crippen LogP) is 4.96. The van der Waals surface area contributed by atoms with Crippen molar-refractivity contribution in [3.8, 4) is 0 Å². The van der Waals surface area contributed by atoms with Gasteiger partial charge >= 0.3 is 6.03 Å². The summed E-state index contributed by atoms with van der Waals surface area (Å²) in [5, 5.41) is 4.35. The fraction of sp³-hybridized carbons (Fsp3) is 0.708. The summed E-state index contributed by atoms with van der Waals surface area (Å²) < 4.78 is 0. The average Bonchev–Trinajstić information content (AvgIpc) is 3.15. The predicted molar refractivity (Wildman–Crippen MR) is 129 cm³/mol. The largest absolute Gasteiger partial charge is 0.352 e. The van der Waals surface area contributed by atoms with Crippen LogP contribution in [0.5, 0.6) is 0 Å². The summed E-state index contributed by atoms with van der Waals surface area (Å²) in [6.45, 7) is 12.8. The summed E-state index contributed by atoms with van der Waals surface area (Å²) in [6, 6.07) is 0.0723. The molecule has 0 bridgehead atoms. The van der Waals surface area contributed by atoms with Gasteiger partial charge in [0, 0.05) is 43.5 Å². The molecule has 0 unspecified atom stereocenters. The molecule has 7 heteroatoms. The van der Waals surface area contributed by atoms with Crippen LogP contribution >= 0.6 is 11.3 Å². The number of nitrogens with zero attached hydrogens (tertiary/aromatic N) is 4. The van der Waals surface area contributed by atoms with Gasteiger partial charge in [-0.25, -0.2) is 14.8 Å². The Balaban J connectivity index is 1.60. The monoisotopic (exact) mass is 443 g/mol. The van der Waals surface area contributed by atoms with Crippen molar-refractivity contribution < 1.29 is 4.79 Å². The lowest BCUT2D eigenvalue weighted by atomic mass is 9.89. The zero-order valence-electron chi connectivity index (χ0n) is 19.5. The van der Waals surface area contributed by atoms with E-state index in [0.717, 1.165) is 76.0 Å². The minimum absolute atomic E-state index is 0.0723. The topological polar surface area (TPSA) is 61.4 Å². The second kappa shape index (κ2) is 9.72. The molecule has 0 saturated carbocycles. The van der Waals surface area contributed by atoms with E-state index < -0.39 is 0 Å². The summed E-state index contributed by atoms with van der Waals surface area (Å²) in [4.78, 5) is 29.6. The third-order valence-electron chi connectivity index (χ3n) is 6.88.